The Morgan fingerprint density at radius 1 is 1.11 bits per heavy atom. The molecule has 1 N–H and O–H groups in total. The second kappa shape index (κ2) is 6.80. The Kier molecular flexibility index (Phi) is 5.07. The number of benzene rings is 1. The summed E-state index contributed by atoms with van der Waals surface area (Å²) in [6.45, 7) is 0. The van der Waals surface area contributed by atoms with E-state index in [1.807, 2.05) is 23.9 Å². The highest BCUT2D eigenvalue weighted by Gasteiger charge is 2.17. The van der Waals surface area contributed by atoms with E-state index in [4.69, 9.17) is 14.2 Å². The Balaban J connectivity index is 2.20. The molecule has 1 aliphatic heterocycles. The summed E-state index contributed by atoms with van der Waals surface area (Å²) >= 11 is 2.00. The van der Waals surface area contributed by atoms with E-state index in [-0.39, 0.29) is 0 Å². The second-order valence-electron chi connectivity index (χ2n) is 4.47. The molecule has 0 spiro atoms. The van der Waals surface area contributed by atoms with Gasteiger partial charge in [-0.05, 0) is 18.6 Å². The highest BCUT2D eigenvalue weighted by molar-refractivity contribution is 7.99. The molecule has 0 bridgehead atoms. The predicted octanol–water partition coefficient (Wildman–Crippen LogP) is 3.02. The lowest BCUT2D eigenvalue weighted by atomic mass is 10.1. The van der Waals surface area contributed by atoms with E-state index in [0.29, 0.717) is 23.3 Å². The molecule has 1 aromatic carbocycles. The van der Waals surface area contributed by atoms with E-state index >= 15 is 0 Å². The minimum absolute atomic E-state index is 0.515. The van der Waals surface area contributed by atoms with Crippen LogP contribution < -0.4 is 19.5 Å². The minimum atomic E-state index is 0.515. The second-order valence-corrected chi connectivity index (χ2v) is 5.62. The van der Waals surface area contributed by atoms with Crippen molar-refractivity contribution < 1.29 is 14.2 Å². The van der Waals surface area contributed by atoms with Crippen LogP contribution in [-0.2, 0) is 0 Å². The zero-order valence-electron chi connectivity index (χ0n) is 11.7. The SMILES string of the molecule is COc1cc(NC2CCCSC2)cc(OC)c1OC. The van der Waals surface area contributed by atoms with E-state index in [1.165, 1.54) is 18.6 Å². The van der Waals surface area contributed by atoms with Crippen molar-refractivity contribution in [2.24, 2.45) is 0 Å². The van der Waals surface area contributed by atoms with Gasteiger partial charge in [0.05, 0.1) is 21.3 Å². The lowest BCUT2D eigenvalue weighted by Crippen LogP contribution is -2.25. The third-order valence-electron chi connectivity index (χ3n) is 3.20. The number of ether oxygens (including phenoxy) is 3. The van der Waals surface area contributed by atoms with E-state index in [2.05, 4.69) is 5.32 Å². The fourth-order valence-electron chi connectivity index (χ4n) is 2.25. The molecule has 2 rings (SSSR count). The first-order valence-corrected chi connectivity index (χ1v) is 7.58. The molecular weight excluding hydrogens is 262 g/mol. The quantitative estimate of drug-likeness (QED) is 0.899. The van der Waals surface area contributed by atoms with E-state index in [1.54, 1.807) is 21.3 Å². The Bertz CT molecular complexity index is 394. The Hall–Kier alpha value is -1.23. The molecule has 0 amide bonds. The molecule has 1 aliphatic rings. The van der Waals surface area contributed by atoms with Crippen LogP contribution in [0.4, 0.5) is 5.69 Å². The average molecular weight is 283 g/mol. The fourth-order valence-corrected chi connectivity index (χ4v) is 3.33. The summed E-state index contributed by atoms with van der Waals surface area (Å²) in [6, 6.07) is 4.43. The maximum Gasteiger partial charge on any atom is 0.203 e. The topological polar surface area (TPSA) is 39.7 Å². The summed E-state index contributed by atoms with van der Waals surface area (Å²) in [5.74, 6) is 4.43. The molecule has 106 valence electrons. The maximum absolute atomic E-state index is 5.36. The van der Waals surface area contributed by atoms with Gasteiger partial charge in [-0.3, -0.25) is 0 Å². The highest BCUT2D eigenvalue weighted by Crippen LogP contribution is 2.40. The molecule has 4 nitrogen and oxygen atoms in total. The van der Waals surface area contributed by atoms with Gasteiger partial charge in [-0.1, -0.05) is 0 Å². The summed E-state index contributed by atoms with van der Waals surface area (Å²) in [5, 5.41) is 3.55. The van der Waals surface area contributed by atoms with Crippen molar-refractivity contribution in [1.29, 1.82) is 0 Å². The molecule has 0 aliphatic carbocycles. The lowest BCUT2D eigenvalue weighted by molar-refractivity contribution is 0.324. The Labute approximate surface area is 118 Å². The molecule has 5 heteroatoms. The van der Waals surface area contributed by atoms with Gasteiger partial charge in [-0.2, -0.15) is 11.8 Å². The molecule has 1 unspecified atom stereocenters. The molecule has 1 fully saturated rings. The number of methoxy groups -OCH3 is 3. The molecule has 1 heterocycles. The van der Waals surface area contributed by atoms with Crippen LogP contribution in [0.15, 0.2) is 12.1 Å². The zero-order valence-corrected chi connectivity index (χ0v) is 12.5. The predicted molar refractivity (Wildman–Crippen MR) is 80.1 cm³/mol. The number of thioether (sulfide) groups is 1. The van der Waals surface area contributed by atoms with Crippen LogP contribution in [0.5, 0.6) is 17.2 Å². The first-order valence-electron chi connectivity index (χ1n) is 6.42. The van der Waals surface area contributed by atoms with Crippen molar-refractivity contribution in [3.63, 3.8) is 0 Å². The van der Waals surface area contributed by atoms with Crippen molar-refractivity contribution >= 4 is 17.4 Å². The van der Waals surface area contributed by atoms with Gasteiger partial charge in [0, 0.05) is 29.6 Å². The van der Waals surface area contributed by atoms with E-state index in [9.17, 15) is 0 Å². The van der Waals surface area contributed by atoms with Crippen molar-refractivity contribution in [2.75, 3.05) is 38.2 Å². The normalized spacial score (nSPS) is 18.8. The van der Waals surface area contributed by atoms with Crippen LogP contribution in [0.2, 0.25) is 0 Å². The van der Waals surface area contributed by atoms with Crippen LogP contribution in [0.25, 0.3) is 0 Å². The summed E-state index contributed by atoms with van der Waals surface area (Å²) in [6.07, 6.45) is 2.48. The van der Waals surface area contributed by atoms with Crippen molar-refractivity contribution in [2.45, 2.75) is 18.9 Å². The molecular formula is C14H21NO3S. The molecule has 1 atom stereocenters. The van der Waals surface area contributed by atoms with Gasteiger partial charge in [0.1, 0.15) is 0 Å². The zero-order chi connectivity index (χ0) is 13.7. The number of nitrogens with one attached hydrogen (secondary N) is 1. The molecule has 0 saturated carbocycles. The lowest BCUT2D eigenvalue weighted by Gasteiger charge is -2.24. The summed E-state index contributed by atoms with van der Waals surface area (Å²) < 4.78 is 16.0. The van der Waals surface area contributed by atoms with Crippen LogP contribution in [0, 0.1) is 0 Å². The average Bonchev–Trinajstić information content (AvgIpc) is 2.47. The fraction of sp³-hybridized carbons (Fsp3) is 0.571. The third kappa shape index (κ3) is 3.41. The van der Waals surface area contributed by atoms with Crippen molar-refractivity contribution in [3.8, 4) is 17.2 Å². The van der Waals surface area contributed by atoms with Gasteiger partial charge in [0.2, 0.25) is 5.75 Å². The van der Waals surface area contributed by atoms with Crippen molar-refractivity contribution in [1.82, 2.24) is 0 Å². The molecule has 1 aromatic rings. The number of anilines is 1. The minimum Gasteiger partial charge on any atom is -0.493 e. The number of hydrogen-bond acceptors (Lipinski definition) is 5. The van der Waals surface area contributed by atoms with Crippen LogP contribution in [0.1, 0.15) is 12.8 Å². The molecule has 19 heavy (non-hydrogen) atoms. The largest absolute Gasteiger partial charge is 0.493 e. The van der Waals surface area contributed by atoms with Crippen LogP contribution in [0.3, 0.4) is 0 Å². The van der Waals surface area contributed by atoms with E-state index < -0.39 is 0 Å². The van der Waals surface area contributed by atoms with Gasteiger partial charge >= 0.3 is 0 Å². The van der Waals surface area contributed by atoms with Gasteiger partial charge in [-0.25, -0.2) is 0 Å². The van der Waals surface area contributed by atoms with Crippen molar-refractivity contribution in [3.05, 3.63) is 12.1 Å². The monoisotopic (exact) mass is 283 g/mol. The summed E-state index contributed by atoms with van der Waals surface area (Å²) in [5.41, 5.74) is 1.02. The highest BCUT2D eigenvalue weighted by atomic mass is 32.2. The smallest absolute Gasteiger partial charge is 0.203 e. The van der Waals surface area contributed by atoms with Crippen LogP contribution in [-0.4, -0.2) is 38.9 Å². The summed E-state index contributed by atoms with van der Waals surface area (Å²) in [7, 11) is 4.89. The Morgan fingerprint density at radius 3 is 2.26 bits per heavy atom. The van der Waals surface area contributed by atoms with Crippen LogP contribution >= 0.6 is 11.8 Å². The molecule has 1 saturated heterocycles. The standard InChI is InChI=1S/C14H21NO3S/c1-16-12-7-11(8-13(17-2)14(12)18-3)15-10-5-4-6-19-9-10/h7-8,10,15H,4-6,9H2,1-3H3. The number of rotatable bonds is 5. The first-order chi connectivity index (χ1) is 9.28. The van der Waals surface area contributed by atoms with Gasteiger partial charge in [0.15, 0.2) is 11.5 Å². The maximum atomic E-state index is 5.36. The molecule has 0 radical (unpaired) electrons. The number of hydrogen-bond donors (Lipinski definition) is 1. The first kappa shape index (κ1) is 14.2. The molecule has 0 aromatic heterocycles. The van der Waals surface area contributed by atoms with Gasteiger partial charge in [-0.15, -0.1) is 0 Å². The van der Waals surface area contributed by atoms with Gasteiger partial charge in [0.25, 0.3) is 0 Å². The summed E-state index contributed by atoms with van der Waals surface area (Å²) in [4.78, 5) is 0. The van der Waals surface area contributed by atoms with Gasteiger partial charge < -0.3 is 19.5 Å². The Morgan fingerprint density at radius 2 is 1.79 bits per heavy atom. The van der Waals surface area contributed by atoms with E-state index in [0.717, 1.165) is 11.4 Å². The third-order valence-corrected chi connectivity index (χ3v) is 4.41.